The fourth-order valence-electron chi connectivity index (χ4n) is 2.39. The predicted octanol–water partition coefficient (Wildman–Crippen LogP) is 2.40. The van der Waals surface area contributed by atoms with Crippen molar-refractivity contribution in [3.63, 3.8) is 0 Å². The Morgan fingerprint density at radius 3 is 2.48 bits per heavy atom. The number of nitrogens with zero attached hydrogens (tertiary/aromatic N) is 4. The quantitative estimate of drug-likeness (QED) is 0.181. The molecule has 0 amide bonds. The molecule has 2 heterocycles. The lowest BCUT2D eigenvalue weighted by molar-refractivity contribution is 0.105. The molecule has 0 aromatic carbocycles. The molecule has 0 saturated heterocycles. The standard InChI is InChI=1S/C19H32N6O3.HI/c1-4-26-11-6-9-20-19(22-14-18-24-23-16(2)25(18)3)21-10-7-12-27-15-17-8-5-13-28-17;/h5,8,13H,4,6-7,9-12,14-15H2,1-3H3,(H2,20,21,22);1H. The Morgan fingerprint density at radius 1 is 1.17 bits per heavy atom. The van der Waals surface area contributed by atoms with Gasteiger partial charge in [-0.15, -0.1) is 34.2 Å². The zero-order chi connectivity index (χ0) is 20.0. The average Bonchev–Trinajstić information content (AvgIpc) is 3.32. The van der Waals surface area contributed by atoms with Gasteiger partial charge >= 0.3 is 0 Å². The Morgan fingerprint density at radius 2 is 1.90 bits per heavy atom. The van der Waals surface area contributed by atoms with Crippen molar-refractivity contribution in [2.75, 3.05) is 32.9 Å². The molecule has 0 atom stereocenters. The number of hydrogen-bond acceptors (Lipinski definition) is 6. The van der Waals surface area contributed by atoms with Crippen molar-refractivity contribution < 1.29 is 13.9 Å². The lowest BCUT2D eigenvalue weighted by Crippen LogP contribution is -2.39. The summed E-state index contributed by atoms with van der Waals surface area (Å²) in [7, 11) is 1.94. The summed E-state index contributed by atoms with van der Waals surface area (Å²) in [6.07, 6.45) is 3.44. The number of aryl methyl sites for hydroxylation is 1. The van der Waals surface area contributed by atoms with Gasteiger partial charge in [-0.1, -0.05) is 0 Å². The highest BCUT2D eigenvalue weighted by Crippen LogP contribution is 2.02. The molecule has 2 N–H and O–H groups in total. The summed E-state index contributed by atoms with van der Waals surface area (Å²) < 4.78 is 18.2. The molecule has 2 aromatic heterocycles. The summed E-state index contributed by atoms with van der Waals surface area (Å²) in [5.41, 5.74) is 0. The summed E-state index contributed by atoms with van der Waals surface area (Å²) in [5.74, 6) is 3.29. The second kappa shape index (κ2) is 15.2. The van der Waals surface area contributed by atoms with Crippen LogP contribution in [0.25, 0.3) is 0 Å². The molecule has 0 aliphatic rings. The van der Waals surface area contributed by atoms with Crippen LogP contribution in [-0.4, -0.2) is 53.6 Å². The molecule has 2 aromatic rings. The first-order valence-electron chi connectivity index (χ1n) is 9.75. The van der Waals surface area contributed by atoms with E-state index in [4.69, 9.17) is 13.9 Å². The number of aliphatic imine (C=N–C) groups is 1. The summed E-state index contributed by atoms with van der Waals surface area (Å²) in [4.78, 5) is 4.62. The second-order valence-electron chi connectivity index (χ2n) is 6.28. The molecule has 0 aliphatic heterocycles. The fourth-order valence-corrected chi connectivity index (χ4v) is 2.39. The highest BCUT2D eigenvalue weighted by atomic mass is 127. The maximum atomic E-state index is 5.60. The zero-order valence-corrected chi connectivity index (χ0v) is 19.8. The van der Waals surface area contributed by atoms with E-state index in [0.717, 1.165) is 62.5 Å². The van der Waals surface area contributed by atoms with Gasteiger partial charge in [-0.2, -0.15) is 0 Å². The molecule has 0 aliphatic carbocycles. The average molecular weight is 520 g/mol. The number of furan rings is 1. The SMILES string of the molecule is CCOCCCNC(=NCc1nnc(C)n1C)NCCCOCc1ccco1.I. The van der Waals surface area contributed by atoms with Crippen molar-refractivity contribution >= 4 is 29.9 Å². The fraction of sp³-hybridized carbons (Fsp3) is 0.632. The van der Waals surface area contributed by atoms with E-state index >= 15 is 0 Å². The number of aromatic nitrogens is 3. The molecule has 29 heavy (non-hydrogen) atoms. The van der Waals surface area contributed by atoms with Crippen LogP contribution in [0.4, 0.5) is 0 Å². The van der Waals surface area contributed by atoms with Gasteiger partial charge in [0, 0.05) is 40.0 Å². The smallest absolute Gasteiger partial charge is 0.191 e. The normalized spacial score (nSPS) is 11.3. The van der Waals surface area contributed by atoms with Crippen LogP contribution in [0.3, 0.4) is 0 Å². The molecule has 0 fully saturated rings. The van der Waals surface area contributed by atoms with Gasteiger partial charge in [0.05, 0.1) is 6.26 Å². The van der Waals surface area contributed by atoms with Gasteiger partial charge in [-0.05, 0) is 38.8 Å². The first-order valence-corrected chi connectivity index (χ1v) is 9.75. The van der Waals surface area contributed by atoms with E-state index in [2.05, 4.69) is 25.8 Å². The summed E-state index contributed by atoms with van der Waals surface area (Å²) in [6, 6.07) is 3.77. The van der Waals surface area contributed by atoms with Gasteiger partial charge < -0.3 is 29.1 Å². The molecule has 0 bridgehead atoms. The van der Waals surface area contributed by atoms with Crippen molar-refractivity contribution in [3.05, 3.63) is 35.8 Å². The minimum absolute atomic E-state index is 0. The van der Waals surface area contributed by atoms with Crippen molar-refractivity contribution in [2.24, 2.45) is 12.0 Å². The molecule has 164 valence electrons. The zero-order valence-electron chi connectivity index (χ0n) is 17.5. The topological polar surface area (TPSA) is 98.7 Å². The number of halogens is 1. The molecular formula is C19H33IN6O3. The Balaban J connectivity index is 0.00000420. The third-order valence-electron chi connectivity index (χ3n) is 4.11. The van der Waals surface area contributed by atoms with Gasteiger partial charge in [0.25, 0.3) is 0 Å². The molecule has 0 spiro atoms. The highest BCUT2D eigenvalue weighted by molar-refractivity contribution is 14.0. The number of nitrogens with one attached hydrogen (secondary N) is 2. The van der Waals surface area contributed by atoms with Gasteiger partial charge in [-0.25, -0.2) is 4.99 Å². The van der Waals surface area contributed by atoms with Crippen LogP contribution in [-0.2, 0) is 29.7 Å². The van der Waals surface area contributed by atoms with E-state index in [1.165, 1.54) is 0 Å². The summed E-state index contributed by atoms with van der Waals surface area (Å²) >= 11 is 0. The third-order valence-corrected chi connectivity index (χ3v) is 4.11. The van der Waals surface area contributed by atoms with E-state index in [1.54, 1.807) is 6.26 Å². The monoisotopic (exact) mass is 520 g/mol. The molecule has 0 unspecified atom stereocenters. The Labute approximate surface area is 189 Å². The third kappa shape index (κ3) is 10.1. The molecule has 2 rings (SSSR count). The second-order valence-corrected chi connectivity index (χ2v) is 6.28. The maximum absolute atomic E-state index is 5.60. The van der Waals surface area contributed by atoms with E-state index in [1.807, 2.05) is 37.6 Å². The van der Waals surface area contributed by atoms with Gasteiger partial charge in [-0.3, -0.25) is 0 Å². The lowest BCUT2D eigenvalue weighted by atomic mass is 10.4. The largest absolute Gasteiger partial charge is 0.467 e. The number of guanidine groups is 1. The summed E-state index contributed by atoms with van der Waals surface area (Å²) in [6.45, 7) is 8.55. The van der Waals surface area contributed by atoms with Crippen molar-refractivity contribution in [3.8, 4) is 0 Å². The van der Waals surface area contributed by atoms with Crippen molar-refractivity contribution in [2.45, 2.75) is 39.8 Å². The Bertz CT molecular complexity index is 690. The number of ether oxygens (including phenoxy) is 2. The number of hydrogen-bond donors (Lipinski definition) is 2. The minimum atomic E-state index is 0. The van der Waals surface area contributed by atoms with Crippen LogP contribution in [0.15, 0.2) is 27.8 Å². The first kappa shape index (κ1) is 25.4. The first-order chi connectivity index (χ1) is 13.7. The van der Waals surface area contributed by atoms with E-state index in [9.17, 15) is 0 Å². The van der Waals surface area contributed by atoms with Crippen LogP contribution >= 0.6 is 24.0 Å². The van der Waals surface area contributed by atoms with Gasteiger partial charge in [0.1, 0.15) is 24.7 Å². The van der Waals surface area contributed by atoms with Crippen molar-refractivity contribution in [1.29, 1.82) is 0 Å². The van der Waals surface area contributed by atoms with Gasteiger partial charge in [0.2, 0.25) is 0 Å². The predicted molar refractivity (Wildman–Crippen MR) is 122 cm³/mol. The van der Waals surface area contributed by atoms with Crippen LogP contribution in [0.5, 0.6) is 0 Å². The maximum Gasteiger partial charge on any atom is 0.191 e. The van der Waals surface area contributed by atoms with Gasteiger partial charge in [0.15, 0.2) is 11.8 Å². The molecular weight excluding hydrogens is 487 g/mol. The van der Waals surface area contributed by atoms with Crippen molar-refractivity contribution in [1.82, 2.24) is 25.4 Å². The van der Waals surface area contributed by atoms with Crippen LogP contribution < -0.4 is 10.6 Å². The molecule has 9 nitrogen and oxygen atoms in total. The molecule has 0 radical (unpaired) electrons. The van der Waals surface area contributed by atoms with Crippen LogP contribution in [0.1, 0.15) is 37.2 Å². The Kier molecular flexibility index (Phi) is 13.3. The molecule has 0 saturated carbocycles. The molecule has 10 heteroatoms. The van der Waals surface area contributed by atoms with E-state index < -0.39 is 0 Å². The number of rotatable bonds is 13. The summed E-state index contributed by atoms with van der Waals surface area (Å²) in [5, 5.41) is 14.9. The lowest BCUT2D eigenvalue weighted by Gasteiger charge is -2.13. The van der Waals surface area contributed by atoms with Crippen LogP contribution in [0, 0.1) is 6.92 Å². The Hall–Kier alpha value is -1.66. The minimum Gasteiger partial charge on any atom is -0.467 e. The van der Waals surface area contributed by atoms with Crippen LogP contribution in [0.2, 0.25) is 0 Å². The van der Waals surface area contributed by atoms with E-state index in [-0.39, 0.29) is 24.0 Å². The van der Waals surface area contributed by atoms with E-state index in [0.29, 0.717) is 19.8 Å². The highest BCUT2D eigenvalue weighted by Gasteiger charge is 2.05.